The van der Waals surface area contributed by atoms with Crippen LogP contribution in [0.25, 0.3) is 0 Å². The molecule has 0 atom stereocenters. The fourth-order valence-electron chi connectivity index (χ4n) is 0.875. The van der Waals surface area contributed by atoms with Gasteiger partial charge in [-0.15, -0.1) is 0 Å². The van der Waals surface area contributed by atoms with Gasteiger partial charge in [-0.25, -0.2) is 0 Å². The van der Waals surface area contributed by atoms with Crippen LogP contribution in [0.1, 0.15) is 12.6 Å². The van der Waals surface area contributed by atoms with Crippen molar-refractivity contribution >= 4 is 12.2 Å². The van der Waals surface area contributed by atoms with Gasteiger partial charge >= 0.3 is 0 Å². The molecular formula is C6H10N2S. The fraction of sp³-hybridized carbons (Fsp3) is 0.500. The maximum atomic E-state index is 4.98. The van der Waals surface area contributed by atoms with Crippen LogP contribution in [0.5, 0.6) is 0 Å². The van der Waals surface area contributed by atoms with E-state index in [0.717, 1.165) is 11.3 Å². The molecule has 0 radical (unpaired) electrons. The molecule has 0 spiro atoms. The number of H-pyrrole nitrogens is 1. The number of nitrogens with one attached hydrogen (secondary N) is 1. The lowest BCUT2D eigenvalue weighted by molar-refractivity contribution is 0.726. The first-order valence-electron chi connectivity index (χ1n) is 3.00. The maximum Gasteiger partial charge on any atom is 0.177 e. The van der Waals surface area contributed by atoms with Gasteiger partial charge in [0.2, 0.25) is 0 Å². The first-order valence-corrected chi connectivity index (χ1v) is 3.41. The van der Waals surface area contributed by atoms with Gasteiger partial charge in [0.15, 0.2) is 4.77 Å². The van der Waals surface area contributed by atoms with Crippen molar-refractivity contribution < 1.29 is 0 Å². The molecule has 50 valence electrons. The third-order valence-corrected chi connectivity index (χ3v) is 1.73. The van der Waals surface area contributed by atoms with Crippen LogP contribution >= 0.6 is 12.2 Å². The summed E-state index contributed by atoms with van der Waals surface area (Å²) in [5.41, 5.74) is 1.20. The number of nitrogens with zero attached hydrogens (tertiary/aromatic N) is 1. The molecule has 0 aliphatic heterocycles. The molecule has 0 bridgehead atoms. The summed E-state index contributed by atoms with van der Waals surface area (Å²) in [6.07, 6.45) is 1.92. The largest absolute Gasteiger partial charge is 0.337 e. The van der Waals surface area contributed by atoms with Gasteiger partial charge in [-0.2, -0.15) is 0 Å². The summed E-state index contributed by atoms with van der Waals surface area (Å²) in [6.45, 7) is 5.07. The van der Waals surface area contributed by atoms with Gasteiger partial charge in [0, 0.05) is 18.4 Å². The topological polar surface area (TPSA) is 20.7 Å². The summed E-state index contributed by atoms with van der Waals surface area (Å²) >= 11 is 4.98. The van der Waals surface area contributed by atoms with Crippen molar-refractivity contribution in [3.8, 4) is 0 Å². The second-order valence-electron chi connectivity index (χ2n) is 1.98. The summed E-state index contributed by atoms with van der Waals surface area (Å²) in [4.78, 5) is 2.97. The highest BCUT2D eigenvalue weighted by Gasteiger charge is 1.92. The zero-order valence-electron chi connectivity index (χ0n) is 5.64. The Balaban J connectivity index is 3.23. The van der Waals surface area contributed by atoms with Gasteiger partial charge in [-0.1, -0.05) is 0 Å². The Morgan fingerprint density at radius 2 is 2.44 bits per heavy atom. The summed E-state index contributed by atoms with van der Waals surface area (Å²) in [6, 6.07) is 0. The molecule has 0 aliphatic carbocycles. The van der Waals surface area contributed by atoms with Crippen molar-refractivity contribution in [2.45, 2.75) is 20.4 Å². The molecular weight excluding hydrogens is 132 g/mol. The van der Waals surface area contributed by atoms with Crippen molar-refractivity contribution in [2.24, 2.45) is 0 Å². The van der Waals surface area contributed by atoms with E-state index in [1.54, 1.807) is 0 Å². The Bertz CT molecular complexity index is 246. The summed E-state index contributed by atoms with van der Waals surface area (Å²) in [5, 5.41) is 0. The maximum absolute atomic E-state index is 4.98. The molecule has 0 saturated heterocycles. The molecule has 1 rings (SSSR count). The van der Waals surface area contributed by atoms with E-state index in [9.17, 15) is 0 Å². The molecule has 0 amide bonds. The number of rotatable bonds is 1. The molecule has 1 N–H and O–H groups in total. The van der Waals surface area contributed by atoms with Gasteiger partial charge in [0.1, 0.15) is 0 Å². The number of aromatic amines is 1. The second kappa shape index (κ2) is 2.35. The predicted molar refractivity (Wildman–Crippen MR) is 40.0 cm³/mol. The Hall–Kier alpha value is -0.570. The average molecular weight is 142 g/mol. The van der Waals surface area contributed by atoms with E-state index in [2.05, 4.69) is 16.5 Å². The standard InChI is InChI=1S/C6H10N2S/c1-3-8-5(2)4-7-6(8)9/h4H,3H2,1-2H3,(H,7,9). The van der Waals surface area contributed by atoms with Crippen LogP contribution in [-0.4, -0.2) is 9.55 Å². The molecule has 9 heavy (non-hydrogen) atoms. The average Bonchev–Trinajstić information content (AvgIpc) is 2.12. The number of hydrogen-bond donors (Lipinski definition) is 1. The highest BCUT2D eigenvalue weighted by Crippen LogP contribution is 1.97. The Morgan fingerprint density at radius 3 is 2.67 bits per heavy atom. The Morgan fingerprint density at radius 1 is 1.78 bits per heavy atom. The van der Waals surface area contributed by atoms with E-state index >= 15 is 0 Å². The third kappa shape index (κ3) is 1.05. The van der Waals surface area contributed by atoms with Crippen LogP contribution in [-0.2, 0) is 6.54 Å². The monoisotopic (exact) mass is 142 g/mol. The third-order valence-electron chi connectivity index (χ3n) is 1.39. The minimum absolute atomic E-state index is 0.815. The number of hydrogen-bond acceptors (Lipinski definition) is 1. The van der Waals surface area contributed by atoms with E-state index in [0.29, 0.717) is 0 Å². The van der Waals surface area contributed by atoms with E-state index in [1.165, 1.54) is 5.69 Å². The van der Waals surface area contributed by atoms with Gasteiger partial charge < -0.3 is 9.55 Å². The molecule has 1 heterocycles. The molecule has 0 aliphatic rings. The zero-order chi connectivity index (χ0) is 6.85. The van der Waals surface area contributed by atoms with E-state index in [4.69, 9.17) is 12.2 Å². The molecule has 1 aromatic heterocycles. The highest BCUT2D eigenvalue weighted by molar-refractivity contribution is 7.71. The minimum atomic E-state index is 0.815. The van der Waals surface area contributed by atoms with Crippen LogP contribution in [0.4, 0.5) is 0 Å². The van der Waals surface area contributed by atoms with Crippen LogP contribution in [0.2, 0.25) is 0 Å². The minimum Gasteiger partial charge on any atom is -0.337 e. The predicted octanol–water partition coefficient (Wildman–Crippen LogP) is 1.87. The van der Waals surface area contributed by atoms with Crippen molar-refractivity contribution in [3.05, 3.63) is 16.7 Å². The first kappa shape index (κ1) is 6.55. The molecule has 3 heteroatoms. The van der Waals surface area contributed by atoms with E-state index in [1.807, 2.05) is 13.1 Å². The lowest BCUT2D eigenvalue weighted by Gasteiger charge is -1.96. The number of imidazole rings is 1. The highest BCUT2D eigenvalue weighted by atomic mass is 32.1. The molecule has 0 fully saturated rings. The molecule has 1 aromatic rings. The molecule has 0 aromatic carbocycles. The zero-order valence-corrected chi connectivity index (χ0v) is 6.46. The summed E-state index contributed by atoms with van der Waals surface area (Å²) < 4.78 is 2.87. The van der Waals surface area contributed by atoms with Crippen LogP contribution in [0, 0.1) is 11.7 Å². The SMILES string of the molecule is CCn1c(C)c[nH]c1=S. The van der Waals surface area contributed by atoms with Gasteiger partial charge in [-0.05, 0) is 26.1 Å². The van der Waals surface area contributed by atoms with Crippen molar-refractivity contribution in [1.29, 1.82) is 0 Å². The van der Waals surface area contributed by atoms with Crippen LogP contribution < -0.4 is 0 Å². The van der Waals surface area contributed by atoms with Crippen LogP contribution in [0.3, 0.4) is 0 Å². The molecule has 0 saturated carbocycles. The molecule has 0 unspecified atom stereocenters. The normalized spacial score (nSPS) is 10.0. The lowest BCUT2D eigenvalue weighted by Crippen LogP contribution is -1.95. The molecule has 2 nitrogen and oxygen atoms in total. The first-order chi connectivity index (χ1) is 4.25. The van der Waals surface area contributed by atoms with Crippen molar-refractivity contribution in [1.82, 2.24) is 9.55 Å². The smallest absolute Gasteiger partial charge is 0.177 e. The quantitative estimate of drug-likeness (QED) is 0.594. The number of aromatic nitrogens is 2. The van der Waals surface area contributed by atoms with Crippen LogP contribution in [0.15, 0.2) is 6.20 Å². The fourth-order valence-corrected chi connectivity index (χ4v) is 1.21. The van der Waals surface area contributed by atoms with Gasteiger partial charge in [0.25, 0.3) is 0 Å². The van der Waals surface area contributed by atoms with E-state index in [-0.39, 0.29) is 0 Å². The second-order valence-corrected chi connectivity index (χ2v) is 2.37. The summed E-state index contributed by atoms with van der Waals surface area (Å²) in [7, 11) is 0. The van der Waals surface area contributed by atoms with E-state index < -0.39 is 0 Å². The summed E-state index contributed by atoms with van der Waals surface area (Å²) in [5.74, 6) is 0. The Kier molecular flexibility index (Phi) is 1.71. The Labute approximate surface area is 59.5 Å². The van der Waals surface area contributed by atoms with Gasteiger partial charge in [0.05, 0.1) is 0 Å². The van der Waals surface area contributed by atoms with Crippen molar-refractivity contribution in [3.63, 3.8) is 0 Å². The number of aryl methyl sites for hydroxylation is 1. The van der Waals surface area contributed by atoms with Gasteiger partial charge in [-0.3, -0.25) is 0 Å². The van der Waals surface area contributed by atoms with Crippen molar-refractivity contribution in [2.75, 3.05) is 0 Å². The lowest BCUT2D eigenvalue weighted by atomic mass is 10.5.